The third kappa shape index (κ3) is 3.54. The Morgan fingerprint density at radius 3 is 2.66 bits per heavy atom. The number of aromatic carboxylic acids is 1. The number of ether oxygens (including phenoxy) is 1. The van der Waals surface area contributed by atoms with Crippen LogP contribution in [-0.2, 0) is 6.42 Å². The number of carbonyl (C=O) groups is 1. The van der Waals surface area contributed by atoms with Crippen molar-refractivity contribution in [3.05, 3.63) is 83.2 Å². The first-order chi connectivity index (χ1) is 14.0. The van der Waals surface area contributed by atoms with Gasteiger partial charge in [-0.05, 0) is 48.0 Å². The zero-order valence-electron chi connectivity index (χ0n) is 15.4. The van der Waals surface area contributed by atoms with Crippen molar-refractivity contribution < 1.29 is 23.4 Å². The first kappa shape index (κ1) is 18.6. The fourth-order valence-corrected chi connectivity index (χ4v) is 3.32. The highest BCUT2D eigenvalue weighted by atomic mass is 19.2. The molecule has 29 heavy (non-hydrogen) atoms. The molecular formula is C22H16F2N2O3. The Balaban J connectivity index is 1.89. The summed E-state index contributed by atoms with van der Waals surface area (Å²) in [6, 6.07) is 13.9. The summed E-state index contributed by atoms with van der Waals surface area (Å²) in [5.41, 5.74) is 3.12. The van der Waals surface area contributed by atoms with Crippen LogP contribution >= 0.6 is 0 Å². The molecular weight excluding hydrogens is 378 g/mol. The van der Waals surface area contributed by atoms with Crippen molar-refractivity contribution in [1.82, 2.24) is 9.97 Å². The van der Waals surface area contributed by atoms with Crippen molar-refractivity contribution in [2.24, 2.45) is 0 Å². The van der Waals surface area contributed by atoms with E-state index in [4.69, 9.17) is 4.74 Å². The molecule has 0 aliphatic heterocycles. The first-order valence-corrected chi connectivity index (χ1v) is 8.79. The normalized spacial score (nSPS) is 11.0. The molecule has 2 aromatic heterocycles. The minimum Gasteiger partial charge on any atom is -0.497 e. The topological polar surface area (TPSA) is 75.2 Å². The van der Waals surface area contributed by atoms with Crippen LogP contribution in [0.4, 0.5) is 8.78 Å². The number of hydrogen-bond acceptors (Lipinski definition) is 3. The van der Waals surface area contributed by atoms with Crippen LogP contribution in [0.1, 0.15) is 21.7 Å². The second kappa shape index (κ2) is 7.35. The number of rotatable bonds is 5. The van der Waals surface area contributed by atoms with E-state index in [0.29, 0.717) is 29.1 Å². The molecule has 0 radical (unpaired) electrons. The van der Waals surface area contributed by atoms with Gasteiger partial charge < -0.3 is 14.8 Å². The van der Waals surface area contributed by atoms with E-state index >= 15 is 0 Å². The summed E-state index contributed by atoms with van der Waals surface area (Å²) in [6.07, 6.45) is 0.307. The van der Waals surface area contributed by atoms with Gasteiger partial charge in [-0.1, -0.05) is 6.07 Å². The van der Waals surface area contributed by atoms with E-state index in [0.717, 1.165) is 28.6 Å². The van der Waals surface area contributed by atoms with Gasteiger partial charge in [0, 0.05) is 34.6 Å². The Labute approximate surface area is 164 Å². The van der Waals surface area contributed by atoms with Gasteiger partial charge in [0.15, 0.2) is 11.6 Å². The number of aromatic nitrogens is 2. The summed E-state index contributed by atoms with van der Waals surface area (Å²) in [5, 5.41) is 10.0. The molecule has 0 spiro atoms. The number of benzene rings is 2. The van der Waals surface area contributed by atoms with Gasteiger partial charge in [0.2, 0.25) is 0 Å². The lowest BCUT2D eigenvalue weighted by molar-refractivity contribution is 0.0690. The van der Waals surface area contributed by atoms with Crippen molar-refractivity contribution in [1.29, 1.82) is 0 Å². The average Bonchev–Trinajstić information content (AvgIpc) is 3.07. The van der Waals surface area contributed by atoms with Gasteiger partial charge in [-0.25, -0.2) is 18.6 Å². The molecule has 0 fully saturated rings. The van der Waals surface area contributed by atoms with E-state index in [9.17, 15) is 18.7 Å². The number of aromatic amines is 1. The maximum absolute atomic E-state index is 13.9. The number of nitrogens with zero attached hydrogens (tertiary/aromatic N) is 1. The lowest BCUT2D eigenvalue weighted by Crippen LogP contribution is -2.03. The van der Waals surface area contributed by atoms with Gasteiger partial charge in [0.1, 0.15) is 11.4 Å². The minimum atomic E-state index is -1.11. The Hall–Kier alpha value is -3.74. The molecule has 0 saturated heterocycles. The number of nitrogens with one attached hydrogen (secondary N) is 1. The SMILES string of the molecule is COc1ccc2c(Cc3cccc(C(=O)O)n3)c(-c3ccc(F)c(F)c3)[nH]c2c1. The van der Waals surface area contributed by atoms with Crippen molar-refractivity contribution in [3.8, 4) is 17.0 Å². The van der Waals surface area contributed by atoms with Crippen LogP contribution in [0.2, 0.25) is 0 Å². The number of carboxylic acids is 1. The maximum atomic E-state index is 13.9. The molecule has 0 saturated carbocycles. The number of halogens is 2. The summed E-state index contributed by atoms with van der Waals surface area (Å²) in [5.74, 6) is -2.34. The Morgan fingerprint density at radius 1 is 1.10 bits per heavy atom. The minimum absolute atomic E-state index is 0.0570. The van der Waals surface area contributed by atoms with Gasteiger partial charge >= 0.3 is 5.97 Å². The van der Waals surface area contributed by atoms with Gasteiger partial charge in [0.25, 0.3) is 0 Å². The molecule has 2 aromatic carbocycles. The number of carboxylic acid groups (broad SMARTS) is 1. The number of fused-ring (bicyclic) bond motifs is 1. The number of hydrogen-bond donors (Lipinski definition) is 2. The number of H-pyrrole nitrogens is 1. The van der Waals surface area contributed by atoms with Gasteiger partial charge in [-0.2, -0.15) is 0 Å². The second-order valence-electron chi connectivity index (χ2n) is 6.52. The summed E-state index contributed by atoms with van der Waals surface area (Å²) in [4.78, 5) is 18.7. The fraction of sp³-hybridized carbons (Fsp3) is 0.0909. The van der Waals surface area contributed by atoms with E-state index in [2.05, 4.69) is 9.97 Å². The highest BCUT2D eigenvalue weighted by molar-refractivity contribution is 5.92. The Kier molecular flexibility index (Phi) is 4.72. The lowest BCUT2D eigenvalue weighted by Gasteiger charge is -2.07. The number of pyridine rings is 1. The maximum Gasteiger partial charge on any atom is 0.354 e. The van der Waals surface area contributed by atoms with E-state index in [-0.39, 0.29) is 5.69 Å². The molecule has 2 N–H and O–H groups in total. The molecule has 4 rings (SSSR count). The van der Waals surface area contributed by atoms with E-state index in [1.54, 1.807) is 25.3 Å². The van der Waals surface area contributed by atoms with Crippen LogP contribution in [0.15, 0.2) is 54.6 Å². The fourth-order valence-electron chi connectivity index (χ4n) is 3.32. The predicted octanol–water partition coefficient (Wildman–Crippen LogP) is 4.81. The van der Waals surface area contributed by atoms with Gasteiger partial charge in [-0.3, -0.25) is 0 Å². The molecule has 4 aromatic rings. The van der Waals surface area contributed by atoms with Crippen LogP contribution in [0.25, 0.3) is 22.2 Å². The van der Waals surface area contributed by atoms with Crippen LogP contribution < -0.4 is 4.74 Å². The van der Waals surface area contributed by atoms with Crippen LogP contribution in [0, 0.1) is 11.6 Å². The molecule has 2 heterocycles. The van der Waals surface area contributed by atoms with Crippen molar-refractivity contribution in [2.45, 2.75) is 6.42 Å². The Bertz CT molecular complexity index is 1230. The molecule has 0 amide bonds. The van der Waals surface area contributed by atoms with Crippen LogP contribution in [-0.4, -0.2) is 28.2 Å². The van der Waals surface area contributed by atoms with Crippen molar-refractivity contribution >= 4 is 16.9 Å². The highest BCUT2D eigenvalue weighted by Crippen LogP contribution is 2.34. The monoisotopic (exact) mass is 394 g/mol. The Morgan fingerprint density at radius 2 is 1.93 bits per heavy atom. The summed E-state index contributed by atoms with van der Waals surface area (Å²) in [6.45, 7) is 0. The lowest BCUT2D eigenvalue weighted by atomic mass is 10.0. The summed E-state index contributed by atoms with van der Waals surface area (Å²) < 4.78 is 32.5. The highest BCUT2D eigenvalue weighted by Gasteiger charge is 2.17. The average molecular weight is 394 g/mol. The van der Waals surface area contributed by atoms with E-state index < -0.39 is 17.6 Å². The zero-order chi connectivity index (χ0) is 20.5. The van der Waals surface area contributed by atoms with Gasteiger partial charge in [-0.15, -0.1) is 0 Å². The third-order valence-electron chi connectivity index (χ3n) is 4.71. The molecule has 146 valence electrons. The zero-order valence-corrected chi connectivity index (χ0v) is 15.4. The van der Waals surface area contributed by atoms with Crippen molar-refractivity contribution in [2.75, 3.05) is 7.11 Å². The second-order valence-corrected chi connectivity index (χ2v) is 6.52. The first-order valence-electron chi connectivity index (χ1n) is 8.79. The van der Waals surface area contributed by atoms with Crippen LogP contribution in [0.5, 0.6) is 5.75 Å². The van der Waals surface area contributed by atoms with Crippen LogP contribution in [0.3, 0.4) is 0 Å². The molecule has 5 nitrogen and oxygen atoms in total. The van der Waals surface area contributed by atoms with Gasteiger partial charge in [0.05, 0.1) is 12.8 Å². The van der Waals surface area contributed by atoms with E-state index in [1.165, 1.54) is 12.1 Å². The predicted molar refractivity (Wildman–Crippen MR) is 104 cm³/mol. The molecule has 7 heteroatoms. The number of methoxy groups -OCH3 is 1. The standard InChI is InChI=1S/C22H16F2N2O3/c1-29-14-6-7-15-16(10-13-3-2-4-19(25-13)22(27)28)21(26-20(15)11-14)12-5-8-17(23)18(24)9-12/h2-9,11,26H,10H2,1H3,(H,27,28). The quantitative estimate of drug-likeness (QED) is 0.510. The molecule has 0 unspecified atom stereocenters. The third-order valence-corrected chi connectivity index (χ3v) is 4.71. The van der Waals surface area contributed by atoms with Crippen molar-refractivity contribution in [3.63, 3.8) is 0 Å². The summed E-state index contributed by atoms with van der Waals surface area (Å²) in [7, 11) is 1.56. The molecule has 0 aliphatic rings. The largest absolute Gasteiger partial charge is 0.497 e. The summed E-state index contributed by atoms with van der Waals surface area (Å²) >= 11 is 0. The van der Waals surface area contributed by atoms with E-state index in [1.807, 2.05) is 12.1 Å². The molecule has 0 aliphatic carbocycles. The molecule has 0 atom stereocenters. The molecule has 0 bridgehead atoms. The smallest absolute Gasteiger partial charge is 0.354 e.